The van der Waals surface area contributed by atoms with Gasteiger partial charge in [0.1, 0.15) is 0 Å². The molecule has 0 heterocycles. The van der Waals surface area contributed by atoms with Gasteiger partial charge in [0.2, 0.25) is 0 Å². The molecule has 1 unspecified atom stereocenters. The molecule has 0 amide bonds. The van der Waals surface area contributed by atoms with Crippen LogP contribution in [0.25, 0.3) is 0 Å². The fourth-order valence-corrected chi connectivity index (χ4v) is 3.23. The predicted molar refractivity (Wildman–Crippen MR) is 93.9 cm³/mol. The average Bonchev–Trinajstić information content (AvgIpc) is 2.49. The first-order chi connectivity index (χ1) is 10.0. The van der Waals surface area contributed by atoms with Crippen molar-refractivity contribution in [1.82, 2.24) is 10.2 Å². The normalized spacial score (nSPS) is 13.7. The zero-order valence-corrected chi connectivity index (χ0v) is 14.9. The van der Waals surface area contributed by atoms with Gasteiger partial charge in [-0.05, 0) is 57.5 Å². The Morgan fingerprint density at radius 1 is 1.00 bits per heavy atom. The van der Waals surface area contributed by atoms with Gasteiger partial charge >= 0.3 is 0 Å². The van der Waals surface area contributed by atoms with Gasteiger partial charge in [0.25, 0.3) is 0 Å². The zero-order chi connectivity index (χ0) is 15.9. The maximum Gasteiger partial charge on any atom is 0.0501 e. The highest BCUT2D eigenvalue weighted by Crippen LogP contribution is 2.31. The summed E-state index contributed by atoms with van der Waals surface area (Å²) in [5.41, 5.74) is 2.91. The molecule has 0 aliphatic carbocycles. The van der Waals surface area contributed by atoms with Crippen LogP contribution in [0.2, 0.25) is 0 Å². The van der Waals surface area contributed by atoms with Crippen molar-refractivity contribution in [3.05, 3.63) is 35.4 Å². The maximum atomic E-state index is 3.77. The van der Waals surface area contributed by atoms with Gasteiger partial charge in [0.05, 0.1) is 6.04 Å². The Bertz CT molecular complexity index is 391. The van der Waals surface area contributed by atoms with Crippen LogP contribution in [0.4, 0.5) is 0 Å². The van der Waals surface area contributed by atoms with E-state index >= 15 is 0 Å². The molecule has 0 spiro atoms. The van der Waals surface area contributed by atoms with E-state index in [0.29, 0.717) is 6.04 Å². The van der Waals surface area contributed by atoms with Crippen LogP contribution in [-0.4, -0.2) is 30.1 Å². The minimum atomic E-state index is 0.104. The molecular weight excluding hydrogens is 256 g/mol. The van der Waals surface area contributed by atoms with Gasteiger partial charge in [-0.25, -0.2) is 0 Å². The van der Waals surface area contributed by atoms with Gasteiger partial charge in [0, 0.05) is 5.54 Å². The van der Waals surface area contributed by atoms with Crippen molar-refractivity contribution in [2.45, 2.75) is 66.0 Å². The summed E-state index contributed by atoms with van der Waals surface area (Å²) in [4.78, 5) is 2.55. The van der Waals surface area contributed by atoms with Crippen LogP contribution in [-0.2, 0) is 6.42 Å². The van der Waals surface area contributed by atoms with Crippen LogP contribution >= 0.6 is 0 Å². The largest absolute Gasteiger partial charge is 0.308 e. The minimum absolute atomic E-state index is 0.104. The zero-order valence-electron chi connectivity index (χ0n) is 14.9. The Balaban J connectivity index is 3.07. The minimum Gasteiger partial charge on any atom is -0.308 e. The van der Waals surface area contributed by atoms with Crippen LogP contribution in [0.5, 0.6) is 0 Å². The van der Waals surface area contributed by atoms with Gasteiger partial charge in [-0.3, -0.25) is 4.90 Å². The van der Waals surface area contributed by atoms with E-state index < -0.39 is 0 Å². The van der Waals surface area contributed by atoms with Crippen LogP contribution < -0.4 is 5.32 Å². The van der Waals surface area contributed by atoms with E-state index in [1.165, 1.54) is 11.1 Å². The Kier molecular flexibility index (Phi) is 7.41. The Hall–Kier alpha value is -0.860. The topological polar surface area (TPSA) is 15.3 Å². The summed E-state index contributed by atoms with van der Waals surface area (Å²) in [5.74, 6) is 0. The molecule has 1 aromatic rings. The number of rotatable bonds is 9. The van der Waals surface area contributed by atoms with E-state index in [2.05, 4.69) is 76.0 Å². The van der Waals surface area contributed by atoms with Crippen molar-refractivity contribution < 1.29 is 0 Å². The molecule has 1 N–H and O–H groups in total. The molecule has 2 nitrogen and oxygen atoms in total. The third kappa shape index (κ3) is 4.55. The second-order valence-corrected chi connectivity index (χ2v) is 6.31. The fraction of sp³-hybridized carbons (Fsp3) is 0.684. The molecule has 0 saturated carbocycles. The number of nitrogens with zero attached hydrogens (tertiary/aromatic N) is 1. The van der Waals surface area contributed by atoms with E-state index in [9.17, 15) is 0 Å². The van der Waals surface area contributed by atoms with Gasteiger partial charge < -0.3 is 5.32 Å². The third-order valence-corrected chi connectivity index (χ3v) is 4.60. The number of benzene rings is 1. The van der Waals surface area contributed by atoms with Crippen LogP contribution in [0.3, 0.4) is 0 Å². The lowest BCUT2D eigenvalue weighted by atomic mass is 9.86. The third-order valence-electron chi connectivity index (χ3n) is 4.60. The molecule has 0 aliphatic heterocycles. The highest BCUT2D eigenvalue weighted by atomic mass is 15.2. The molecule has 0 aliphatic rings. The van der Waals surface area contributed by atoms with Gasteiger partial charge in [-0.15, -0.1) is 0 Å². The molecule has 0 radical (unpaired) electrons. The quantitative estimate of drug-likeness (QED) is 0.724. The van der Waals surface area contributed by atoms with Crippen LogP contribution in [0.1, 0.15) is 65.1 Å². The van der Waals surface area contributed by atoms with Crippen molar-refractivity contribution in [2.24, 2.45) is 0 Å². The number of hydrogen-bond acceptors (Lipinski definition) is 2. The lowest BCUT2D eigenvalue weighted by Crippen LogP contribution is -2.52. The van der Waals surface area contributed by atoms with Crippen molar-refractivity contribution >= 4 is 0 Å². The van der Waals surface area contributed by atoms with Gasteiger partial charge in [0.15, 0.2) is 0 Å². The number of aryl methyl sites for hydroxylation is 1. The van der Waals surface area contributed by atoms with E-state index in [1.807, 2.05) is 0 Å². The summed E-state index contributed by atoms with van der Waals surface area (Å²) in [6.45, 7) is 16.9. The second-order valence-electron chi connectivity index (χ2n) is 6.31. The molecule has 1 atom stereocenters. The van der Waals surface area contributed by atoms with Crippen molar-refractivity contribution in [2.75, 3.05) is 19.6 Å². The standard InChI is InChI=1S/C19H34N2/c1-7-15-20-18(19(5,6)21(9-3)10-4)17-13-11-16(8-2)12-14-17/h11-14,18,20H,7-10,15H2,1-6H3. The van der Waals surface area contributed by atoms with Crippen molar-refractivity contribution in [3.63, 3.8) is 0 Å². The summed E-state index contributed by atoms with van der Waals surface area (Å²) in [7, 11) is 0. The molecule has 120 valence electrons. The van der Waals surface area contributed by atoms with Crippen molar-refractivity contribution in [3.8, 4) is 0 Å². The molecule has 0 aromatic heterocycles. The fourth-order valence-electron chi connectivity index (χ4n) is 3.23. The SMILES string of the molecule is CCCNC(c1ccc(CC)cc1)C(C)(C)N(CC)CC. The first kappa shape index (κ1) is 18.2. The summed E-state index contributed by atoms with van der Waals surface area (Å²) in [5, 5.41) is 3.77. The molecular formula is C19H34N2. The van der Waals surface area contributed by atoms with Gasteiger partial charge in [-0.1, -0.05) is 52.0 Å². The van der Waals surface area contributed by atoms with Gasteiger partial charge in [-0.2, -0.15) is 0 Å². The Morgan fingerprint density at radius 2 is 1.57 bits per heavy atom. The molecule has 2 heteroatoms. The predicted octanol–water partition coefficient (Wildman–Crippen LogP) is 4.41. The molecule has 0 saturated heterocycles. The van der Waals surface area contributed by atoms with Crippen molar-refractivity contribution in [1.29, 1.82) is 0 Å². The average molecular weight is 290 g/mol. The smallest absolute Gasteiger partial charge is 0.0501 e. The van der Waals surface area contributed by atoms with E-state index in [1.54, 1.807) is 0 Å². The monoisotopic (exact) mass is 290 g/mol. The summed E-state index contributed by atoms with van der Waals surface area (Å²) in [6, 6.07) is 9.51. The summed E-state index contributed by atoms with van der Waals surface area (Å²) in [6.07, 6.45) is 2.27. The van der Waals surface area contributed by atoms with Crippen LogP contribution in [0, 0.1) is 0 Å². The summed E-state index contributed by atoms with van der Waals surface area (Å²) >= 11 is 0. The first-order valence-electron chi connectivity index (χ1n) is 8.58. The van der Waals surface area contributed by atoms with E-state index in [0.717, 1.165) is 32.5 Å². The molecule has 0 fully saturated rings. The van der Waals surface area contributed by atoms with Crippen LogP contribution in [0.15, 0.2) is 24.3 Å². The highest BCUT2D eigenvalue weighted by molar-refractivity contribution is 5.27. The lowest BCUT2D eigenvalue weighted by Gasteiger charge is -2.44. The lowest BCUT2D eigenvalue weighted by molar-refractivity contribution is 0.0912. The van der Waals surface area contributed by atoms with E-state index in [-0.39, 0.29) is 5.54 Å². The molecule has 1 aromatic carbocycles. The second kappa shape index (κ2) is 8.55. The Morgan fingerprint density at radius 3 is 2.00 bits per heavy atom. The Labute approximate surface area is 131 Å². The molecule has 0 bridgehead atoms. The number of hydrogen-bond donors (Lipinski definition) is 1. The number of likely N-dealkylation sites (N-methyl/N-ethyl adjacent to an activating group) is 1. The van der Waals surface area contributed by atoms with E-state index in [4.69, 9.17) is 0 Å². The first-order valence-corrected chi connectivity index (χ1v) is 8.58. The highest BCUT2D eigenvalue weighted by Gasteiger charge is 2.34. The maximum absolute atomic E-state index is 3.77. The summed E-state index contributed by atoms with van der Waals surface area (Å²) < 4.78 is 0. The molecule has 21 heavy (non-hydrogen) atoms. The number of nitrogens with one attached hydrogen (secondary N) is 1. The molecule has 1 rings (SSSR count).